The molecule has 0 radical (unpaired) electrons. The van der Waals surface area contributed by atoms with Gasteiger partial charge in [0.25, 0.3) is 0 Å². The minimum atomic E-state index is -0.0941. The predicted octanol–water partition coefficient (Wildman–Crippen LogP) is 2.35. The van der Waals surface area contributed by atoms with Crippen molar-refractivity contribution in [3.05, 3.63) is 58.6 Å². The molecule has 1 atom stereocenters. The Kier molecular flexibility index (Phi) is 4.85. The standard InChI is InChI=1S/C20H24N4O3/c1-26-15-8-9-16(18(14-15)27-2)17-6-5-10-22(17)12-13-24-20(25)23-11-4-3-7-19(23)21-24/h3-4,7-9,11,14,17H,5-6,10,12-13H2,1-2H3/t17-/m0/s1. The molecule has 142 valence electrons. The molecule has 7 heteroatoms. The van der Waals surface area contributed by atoms with Gasteiger partial charge in [-0.25, -0.2) is 9.48 Å². The van der Waals surface area contributed by atoms with Gasteiger partial charge in [0.15, 0.2) is 5.65 Å². The van der Waals surface area contributed by atoms with Crippen LogP contribution in [0.4, 0.5) is 0 Å². The lowest BCUT2D eigenvalue weighted by Gasteiger charge is -2.26. The number of benzene rings is 1. The van der Waals surface area contributed by atoms with Crippen molar-refractivity contribution < 1.29 is 9.47 Å². The minimum absolute atomic E-state index is 0.0941. The van der Waals surface area contributed by atoms with Crippen LogP contribution in [0.5, 0.6) is 11.5 Å². The van der Waals surface area contributed by atoms with Crippen molar-refractivity contribution in [2.45, 2.75) is 25.4 Å². The monoisotopic (exact) mass is 368 g/mol. The zero-order chi connectivity index (χ0) is 18.8. The quantitative estimate of drug-likeness (QED) is 0.668. The Bertz CT molecular complexity index is 994. The summed E-state index contributed by atoms with van der Waals surface area (Å²) in [5.74, 6) is 1.63. The van der Waals surface area contributed by atoms with Crippen molar-refractivity contribution >= 4 is 5.65 Å². The van der Waals surface area contributed by atoms with Crippen LogP contribution in [0.3, 0.4) is 0 Å². The van der Waals surface area contributed by atoms with E-state index in [2.05, 4.69) is 16.1 Å². The number of hydrogen-bond acceptors (Lipinski definition) is 5. The fourth-order valence-corrected chi connectivity index (χ4v) is 3.88. The molecule has 3 heterocycles. The average molecular weight is 368 g/mol. The molecule has 0 bridgehead atoms. The van der Waals surface area contributed by atoms with E-state index in [1.165, 1.54) is 0 Å². The van der Waals surface area contributed by atoms with E-state index in [1.807, 2.05) is 30.3 Å². The first-order chi connectivity index (χ1) is 13.2. The van der Waals surface area contributed by atoms with Gasteiger partial charge in [-0.1, -0.05) is 12.1 Å². The molecular formula is C20H24N4O3. The maximum Gasteiger partial charge on any atom is 0.350 e. The summed E-state index contributed by atoms with van der Waals surface area (Å²) in [6.45, 7) is 2.33. The second kappa shape index (κ2) is 7.44. The summed E-state index contributed by atoms with van der Waals surface area (Å²) in [4.78, 5) is 14.9. The molecule has 1 fully saturated rings. The van der Waals surface area contributed by atoms with Crippen molar-refractivity contribution in [1.29, 1.82) is 0 Å². The second-order valence-electron chi connectivity index (χ2n) is 6.74. The van der Waals surface area contributed by atoms with Gasteiger partial charge in [-0.2, -0.15) is 0 Å². The molecule has 0 aliphatic carbocycles. The summed E-state index contributed by atoms with van der Waals surface area (Å²) in [7, 11) is 3.34. The maximum absolute atomic E-state index is 12.5. The van der Waals surface area contributed by atoms with Gasteiger partial charge in [-0.15, -0.1) is 5.10 Å². The third-order valence-electron chi connectivity index (χ3n) is 5.25. The summed E-state index contributed by atoms with van der Waals surface area (Å²) >= 11 is 0. The number of ether oxygens (including phenoxy) is 2. The van der Waals surface area contributed by atoms with E-state index >= 15 is 0 Å². The van der Waals surface area contributed by atoms with Gasteiger partial charge in [0.05, 0.1) is 20.8 Å². The van der Waals surface area contributed by atoms with Crippen molar-refractivity contribution in [2.75, 3.05) is 27.3 Å². The number of likely N-dealkylation sites (tertiary alicyclic amines) is 1. The minimum Gasteiger partial charge on any atom is -0.497 e. The van der Waals surface area contributed by atoms with Gasteiger partial charge < -0.3 is 9.47 Å². The van der Waals surface area contributed by atoms with E-state index in [-0.39, 0.29) is 11.7 Å². The molecule has 2 aromatic heterocycles. The molecule has 0 amide bonds. The lowest BCUT2D eigenvalue weighted by Crippen LogP contribution is -2.31. The summed E-state index contributed by atoms with van der Waals surface area (Å²) in [5, 5.41) is 4.43. The Morgan fingerprint density at radius 2 is 2.04 bits per heavy atom. The number of nitrogens with zero attached hydrogens (tertiary/aromatic N) is 4. The van der Waals surface area contributed by atoms with Crippen LogP contribution < -0.4 is 15.2 Å². The summed E-state index contributed by atoms with van der Waals surface area (Å²) in [6.07, 6.45) is 3.95. The predicted molar refractivity (Wildman–Crippen MR) is 103 cm³/mol. The van der Waals surface area contributed by atoms with E-state index in [1.54, 1.807) is 29.5 Å². The number of aromatic nitrogens is 3. The summed E-state index contributed by atoms with van der Waals surface area (Å²) in [6, 6.07) is 11.8. The number of hydrogen-bond donors (Lipinski definition) is 0. The normalized spacial score (nSPS) is 17.5. The summed E-state index contributed by atoms with van der Waals surface area (Å²) in [5.41, 5.74) is 1.75. The van der Waals surface area contributed by atoms with Crippen LogP contribution in [-0.2, 0) is 6.54 Å². The molecule has 27 heavy (non-hydrogen) atoms. The topological polar surface area (TPSA) is 61.0 Å². The van der Waals surface area contributed by atoms with Crippen LogP contribution in [0.25, 0.3) is 5.65 Å². The van der Waals surface area contributed by atoms with Crippen molar-refractivity contribution in [3.63, 3.8) is 0 Å². The van der Waals surface area contributed by atoms with Crippen molar-refractivity contribution in [1.82, 2.24) is 19.1 Å². The Balaban J connectivity index is 1.53. The van der Waals surface area contributed by atoms with Gasteiger partial charge in [-0.3, -0.25) is 9.30 Å². The van der Waals surface area contributed by atoms with E-state index in [0.29, 0.717) is 12.2 Å². The molecular weight excluding hydrogens is 344 g/mol. The third kappa shape index (κ3) is 3.30. The summed E-state index contributed by atoms with van der Waals surface area (Å²) < 4.78 is 14.0. The first-order valence-electron chi connectivity index (χ1n) is 9.21. The van der Waals surface area contributed by atoms with E-state index in [0.717, 1.165) is 43.0 Å². The Morgan fingerprint density at radius 1 is 1.15 bits per heavy atom. The molecule has 1 aromatic carbocycles. The molecule has 1 aliphatic rings. The first kappa shape index (κ1) is 17.6. The first-order valence-corrected chi connectivity index (χ1v) is 9.21. The zero-order valence-electron chi connectivity index (χ0n) is 15.7. The molecule has 3 aromatic rings. The van der Waals surface area contributed by atoms with Gasteiger partial charge >= 0.3 is 5.69 Å². The highest BCUT2D eigenvalue weighted by Crippen LogP contribution is 2.38. The van der Waals surface area contributed by atoms with E-state index in [4.69, 9.17) is 9.47 Å². The molecule has 0 N–H and O–H groups in total. The molecule has 0 saturated carbocycles. The lowest BCUT2D eigenvalue weighted by atomic mass is 10.0. The highest BCUT2D eigenvalue weighted by Gasteiger charge is 2.28. The molecule has 0 unspecified atom stereocenters. The zero-order valence-corrected chi connectivity index (χ0v) is 15.7. The number of rotatable bonds is 6. The second-order valence-corrected chi connectivity index (χ2v) is 6.74. The average Bonchev–Trinajstić information content (AvgIpc) is 3.30. The maximum atomic E-state index is 12.5. The van der Waals surface area contributed by atoms with E-state index in [9.17, 15) is 4.79 Å². The Labute approximate surface area is 157 Å². The highest BCUT2D eigenvalue weighted by molar-refractivity contribution is 5.43. The van der Waals surface area contributed by atoms with Crippen LogP contribution in [0, 0.1) is 0 Å². The smallest absolute Gasteiger partial charge is 0.350 e. The molecule has 0 spiro atoms. The van der Waals surface area contributed by atoms with Crippen LogP contribution in [-0.4, -0.2) is 46.4 Å². The molecule has 1 aliphatic heterocycles. The fraction of sp³-hybridized carbons (Fsp3) is 0.400. The largest absolute Gasteiger partial charge is 0.497 e. The number of pyridine rings is 1. The SMILES string of the molecule is COc1ccc([C@@H]2CCCN2CCn2nc3ccccn3c2=O)c(OC)c1. The fourth-order valence-electron chi connectivity index (χ4n) is 3.88. The highest BCUT2D eigenvalue weighted by atomic mass is 16.5. The van der Waals surface area contributed by atoms with Gasteiger partial charge in [0, 0.05) is 30.4 Å². The van der Waals surface area contributed by atoms with Crippen LogP contribution >= 0.6 is 0 Å². The molecule has 7 nitrogen and oxygen atoms in total. The number of methoxy groups -OCH3 is 2. The van der Waals surface area contributed by atoms with Crippen LogP contribution in [0.2, 0.25) is 0 Å². The molecule has 4 rings (SSSR count). The molecule has 1 saturated heterocycles. The van der Waals surface area contributed by atoms with Gasteiger partial charge in [0.2, 0.25) is 0 Å². The van der Waals surface area contributed by atoms with Crippen molar-refractivity contribution in [3.8, 4) is 11.5 Å². The third-order valence-corrected chi connectivity index (χ3v) is 5.25. The van der Waals surface area contributed by atoms with Gasteiger partial charge in [0.1, 0.15) is 11.5 Å². The van der Waals surface area contributed by atoms with Crippen LogP contribution in [0.1, 0.15) is 24.4 Å². The van der Waals surface area contributed by atoms with Gasteiger partial charge in [-0.05, 0) is 37.6 Å². The van der Waals surface area contributed by atoms with Crippen molar-refractivity contribution in [2.24, 2.45) is 0 Å². The number of fused-ring (bicyclic) bond motifs is 1. The Morgan fingerprint density at radius 3 is 2.81 bits per heavy atom. The van der Waals surface area contributed by atoms with Crippen LogP contribution in [0.15, 0.2) is 47.4 Å². The lowest BCUT2D eigenvalue weighted by molar-refractivity contribution is 0.236. The van der Waals surface area contributed by atoms with E-state index < -0.39 is 0 Å². The Hall–Kier alpha value is -2.80.